The number of urea groups is 2. The molecule has 7 heteroatoms. The Morgan fingerprint density at radius 3 is 2.43 bits per heavy atom. The number of hydrogen-bond acceptors (Lipinski definition) is 4. The summed E-state index contributed by atoms with van der Waals surface area (Å²) in [6.07, 6.45) is 0.681. The second-order valence-corrected chi connectivity index (χ2v) is 6.83. The lowest BCUT2D eigenvalue weighted by Crippen LogP contribution is -2.49. The van der Waals surface area contributed by atoms with E-state index in [1.165, 1.54) is 4.90 Å². The molecule has 1 saturated heterocycles. The second-order valence-electron chi connectivity index (χ2n) is 6.83. The number of rotatable bonds is 3. The molecule has 2 aromatic carbocycles. The van der Waals surface area contributed by atoms with Crippen molar-refractivity contribution in [1.82, 2.24) is 15.1 Å². The SMILES string of the molecule is COc1cc2c(cc1OC)[C@@H](c1ccccc1)N(C(=O)N1CCNC1=O)CC2. The van der Waals surface area contributed by atoms with Crippen molar-refractivity contribution >= 4 is 12.1 Å². The van der Waals surface area contributed by atoms with Crippen molar-refractivity contribution in [3.05, 3.63) is 59.2 Å². The number of nitrogens with one attached hydrogen (secondary N) is 1. The van der Waals surface area contributed by atoms with Crippen LogP contribution in [0.25, 0.3) is 0 Å². The summed E-state index contributed by atoms with van der Waals surface area (Å²) >= 11 is 0. The van der Waals surface area contributed by atoms with Crippen molar-refractivity contribution in [3.8, 4) is 11.5 Å². The van der Waals surface area contributed by atoms with Gasteiger partial charge < -0.3 is 19.7 Å². The zero-order valence-electron chi connectivity index (χ0n) is 16.0. The van der Waals surface area contributed by atoms with E-state index in [0.717, 1.165) is 16.7 Å². The highest BCUT2D eigenvalue weighted by molar-refractivity contribution is 5.95. The third-order valence-corrected chi connectivity index (χ3v) is 5.32. The van der Waals surface area contributed by atoms with Crippen LogP contribution in [0.5, 0.6) is 11.5 Å². The van der Waals surface area contributed by atoms with Gasteiger partial charge in [-0.15, -0.1) is 0 Å². The van der Waals surface area contributed by atoms with Crippen LogP contribution in [0.4, 0.5) is 9.59 Å². The first-order valence-electron chi connectivity index (χ1n) is 9.29. The largest absolute Gasteiger partial charge is 0.493 e. The lowest BCUT2D eigenvalue weighted by atomic mass is 9.88. The molecule has 2 aliphatic rings. The number of methoxy groups -OCH3 is 2. The summed E-state index contributed by atoms with van der Waals surface area (Å²) in [5.41, 5.74) is 3.09. The van der Waals surface area contributed by atoms with E-state index in [4.69, 9.17) is 9.47 Å². The predicted molar refractivity (Wildman–Crippen MR) is 104 cm³/mol. The van der Waals surface area contributed by atoms with Crippen LogP contribution >= 0.6 is 0 Å². The molecule has 0 aliphatic carbocycles. The molecule has 1 N–H and O–H groups in total. The molecule has 7 nitrogen and oxygen atoms in total. The molecule has 0 unspecified atom stereocenters. The molecule has 4 amide bonds. The molecule has 0 bridgehead atoms. The smallest absolute Gasteiger partial charge is 0.329 e. The Bertz CT molecular complexity index is 900. The number of imide groups is 1. The van der Waals surface area contributed by atoms with E-state index < -0.39 is 0 Å². The van der Waals surface area contributed by atoms with Crippen molar-refractivity contribution in [2.75, 3.05) is 33.9 Å². The fourth-order valence-electron chi connectivity index (χ4n) is 3.96. The zero-order chi connectivity index (χ0) is 19.7. The van der Waals surface area contributed by atoms with Crippen LogP contribution in [0.1, 0.15) is 22.7 Å². The molecule has 28 heavy (non-hydrogen) atoms. The number of ether oxygens (including phenoxy) is 2. The van der Waals surface area contributed by atoms with Gasteiger partial charge in [0.05, 0.1) is 20.3 Å². The summed E-state index contributed by atoms with van der Waals surface area (Å²) in [6, 6.07) is 12.9. The maximum atomic E-state index is 13.2. The molecule has 2 aromatic rings. The van der Waals surface area contributed by atoms with Gasteiger partial charge in [-0.3, -0.25) is 0 Å². The van der Waals surface area contributed by atoms with Crippen molar-refractivity contribution in [3.63, 3.8) is 0 Å². The van der Waals surface area contributed by atoms with Gasteiger partial charge in [0.1, 0.15) is 0 Å². The van der Waals surface area contributed by atoms with E-state index in [1.807, 2.05) is 42.5 Å². The molecule has 0 aromatic heterocycles. The van der Waals surface area contributed by atoms with Crippen molar-refractivity contribution in [2.45, 2.75) is 12.5 Å². The van der Waals surface area contributed by atoms with E-state index in [0.29, 0.717) is 37.6 Å². The molecule has 4 rings (SSSR count). The van der Waals surface area contributed by atoms with Gasteiger partial charge in [-0.1, -0.05) is 30.3 Å². The highest BCUT2D eigenvalue weighted by Crippen LogP contribution is 2.41. The third kappa shape index (κ3) is 3.02. The highest BCUT2D eigenvalue weighted by Gasteiger charge is 2.38. The van der Waals surface area contributed by atoms with Crippen LogP contribution in [-0.2, 0) is 6.42 Å². The molecule has 2 aliphatic heterocycles. The van der Waals surface area contributed by atoms with Crippen LogP contribution in [0.3, 0.4) is 0 Å². The van der Waals surface area contributed by atoms with Gasteiger partial charge in [-0.2, -0.15) is 0 Å². The fourth-order valence-corrected chi connectivity index (χ4v) is 3.96. The average molecular weight is 381 g/mol. The van der Waals surface area contributed by atoms with Gasteiger partial charge in [0.2, 0.25) is 0 Å². The maximum Gasteiger partial charge on any atom is 0.329 e. The van der Waals surface area contributed by atoms with Crippen molar-refractivity contribution < 1.29 is 19.1 Å². The number of carbonyl (C=O) groups is 2. The number of fused-ring (bicyclic) bond motifs is 1. The Labute approximate surface area is 163 Å². The molecule has 0 radical (unpaired) electrons. The molecule has 0 saturated carbocycles. The average Bonchev–Trinajstić information content (AvgIpc) is 3.17. The zero-order valence-corrected chi connectivity index (χ0v) is 16.0. The van der Waals surface area contributed by atoms with Gasteiger partial charge in [-0.05, 0) is 35.2 Å². The van der Waals surface area contributed by atoms with Crippen LogP contribution in [0.2, 0.25) is 0 Å². The lowest BCUT2D eigenvalue weighted by molar-refractivity contribution is 0.149. The third-order valence-electron chi connectivity index (χ3n) is 5.32. The van der Waals surface area contributed by atoms with Crippen LogP contribution in [0.15, 0.2) is 42.5 Å². The lowest BCUT2D eigenvalue weighted by Gasteiger charge is -2.39. The van der Waals surface area contributed by atoms with E-state index in [2.05, 4.69) is 5.32 Å². The molecule has 1 fully saturated rings. The topological polar surface area (TPSA) is 71.1 Å². The standard InChI is InChI=1S/C21H23N3O4/c1-27-17-12-15-8-10-23(21(26)24-11-9-22-20(24)25)19(14-6-4-3-5-7-14)16(15)13-18(17)28-2/h3-7,12-13,19H,8-11H2,1-2H3,(H,22,25)/t19-/m1/s1. The van der Waals surface area contributed by atoms with E-state index >= 15 is 0 Å². The molecular weight excluding hydrogens is 358 g/mol. The van der Waals surface area contributed by atoms with Crippen LogP contribution in [-0.4, -0.2) is 55.7 Å². The number of nitrogens with zero attached hydrogens (tertiary/aromatic N) is 2. The maximum absolute atomic E-state index is 13.2. The Kier molecular flexibility index (Phi) is 4.81. The van der Waals surface area contributed by atoms with E-state index in [-0.39, 0.29) is 18.1 Å². The van der Waals surface area contributed by atoms with Crippen molar-refractivity contribution in [1.29, 1.82) is 0 Å². The summed E-state index contributed by atoms with van der Waals surface area (Å²) in [5.74, 6) is 1.29. The minimum atomic E-state index is -0.338. The first-order valence-corrected chi connectivity index (χ1v) is 9.29. The molecule has 1 atom stereocenters. The first-order chi connectivity index (χ1) is 13.6. The van der Waals surface area contributed by atoms with Crippen LogP contribution in [0, 0.1) is 0 Å². The fraction of sp³-hybridized carbons (Fsp3) is 0.333. The van der Waals surface area contributed by atoms with Gasteiger partial charge in [0.15, 0.2) is 11.5 Å². The van der Waals surface area contributed by atoms with E-state index in [1.54, 1.807) is 19.1 Å². The van der Waals surface area contributed by atoms with E-state index in [9.17, 15) is 9.59 Å². The van der Waals surface area contributed by atoms with Gasteiger partial charge in [-0.25, -0.2) is 14.5 Å². The molecule has 2 heterocycles. The summed E-state index contributed by atoms with van der Waals surface area (Å²) in [6.45, 7) is 1.38. The minimum Gasteiger partial charge on any atom is -0.493 e. The summed E-state index contributed by atoms with van der Waals surface area (Å²) < 4.78 is 10.9. The van der Waals surface area contributed by atoms with Crippen molar-refractivity contribution in [2.24, 2.45) is 0 Å². The molecular formula is C21H23N3O4. The summed E-state index contributed by atoms with van der Waals surface area (Å²) in [5, 5.41) is 2.70. The Morgan fingerprint density at radius 2 is 1.79 bits per heavy atom. The van der Waals surface area contributed by atoms with Crippen LogP contribution < -0.4 is 14.8 Å². The Balaban J connectivity index is 1.81. The van der Waals surface area contributed by atoms with Gasteiger partial charge >= 0.3 is 12.1 Å². The highest BCUT2D eigenvalue weighted by atomic mass is 16.5. The number of hydrogen-bond donors (Lipinski definition) is 1. The normalized spacial score (nSPS) is 18.5. The minimum absolute atomic E-state index is 0.274. The summed E-state index contributed by atoms with van der Waals surface area (Å²) in [4.78, 5) is 28.3. The number of carbonyl (C=O) groups excluding carboxylic acids is 2. The second kappa shape index (κ2) is 7.42. The molecule has 0 spiro atoms. The monoisotopic (exact) mass is 381 g/mol. The number of benzene rings is 2. The van der Waals surface area contributed by atoms with Gasteiger partial charge in [0.25, 0.3) is 0 Å². The van der Waals surface area contributed by atoms with Gasteiger partial charge in [0, 0.05) is 19.6 Å². The predicted octanol–water partition coefficient (Wildman–Crippen LogP) is 2.80. The Hall–Kier alpha value is -3.22. The quantitative estimate of drug-likeness (QED) is 0.888. The Morgan fingerprint density at radius 1 is 1.07 bits per heavy atom. The first kappa shape index (κ1) is 18.2. The number of amides is 4. The summed E-state index contributed by atoms with van der Waals surface area (Å²) in [7, 11) is 3.21. The molecule has 146 valence electrons.